The van der Waals surface area contributed by atoms with Crippen LogP contribution in [-0.2, 0) is 6.42 Å². The Kier molecular flexibility index (Phi) is 4.64. The van der Waals surface area contributed by atoms with Gasteiger partial charge in [-0.2, -0.15) is 0 Å². The molecule has 0 radical (unpaired) electrons. The predicted octanol–water partition coefficient (Wildman–Crippen LogP) is 5.25. The second-order valence-electron chi connectivity index (χ2n) is 6.48. The lowest BCUT2D eigenvalue weighted by atomic mass is 9.81. The number of aromatic amines is 1. The van der Waals surface area contributed by atoms with Crippen LogP contribution in [0.3, 0.4) is 0 Å². The van der Waals surface area contributed by atoms with Crippen molar-refractivity contribution in [2.24, 2.45) is 0 Å². The van der Waals surface area contributed by atoms with Crippen molar-refractivity contribution in [3.05, 3.63) is 35.5 Å². The molecule has 118 valence electrons. The molecule has 0 atom stereocenters. The molecule has 2 heteroatoms. The van der Waals surface area contributed by atoms with Gasteiger partial charge in [-0.25, -0.2) is 0 Å². The highest BCUT2D eigenvalue weighted by molar-refractivity contribution is 5.84. The van der Waals surface area contributed by atoms with Crippen molar-refractivity contribution < 1.29 is 2.85 Å². The standard InChI is InChI=1S/C19H28N2.2H2/c1-3-11-20-16-8-6-15(7-9-16)18-13-21-19-10-5-14(4-2)12-17(18)19;;/h5,10,12-13,15-16,20-21H,3-4,6-9,11H2,1-2H3;2*1H. The zero-order valence-electron chi connectivity index (χ0n) is 13.4. The monoisotopic (exact) mass is 288 g/mol. The smallest absolute Gasteiger partial charge is 0.0457 e. The first-order chi connectivity index (χ1) is 10.3. The van der Waals surface area contributed by atoms with Crippen LogP contribution in [0.4, 0.5) is 0 Å². The molecule has 3 rings (SSSR count). The maximum absolute atomic E-state index is 3.68. The van der Waals surface area contributed by atoms with Gasteiger partial charge in [0.25, 0.3) is 0 Å². The number of aryl methyl sites for hydroxylation is 1. The first-order valence-electron chi connectivity index (χ1n) is 8.65. The van der Waals surface area contributed by atoms with Crippen LogP contribution in [0.1, 0.15) is 65.8 Å². The zero-order chi connectivity index (χ0) is 14.7. The van der Waals surface area contributed by atoms with Crippen molar-refractivity contribution in [1.29, 1.82) is 0 Å². The third kappa shape index (κ3) is 3.16. The Bertz CT molecular complexity index is 586. The minimum Gasteiger partial charge on any atom is -0.361 e. The Morgan fingerprint density at radius 1 is 1.19 bits per heavy atom. The second kappa shape index (κ2) is 6.65. The van der Waals surface area contributed by atoms with Crippen LogP contribution >= 0.6 is 0 Å². The van der Waals surface area contributed by atoms with E-state index in [4.69, 9.17) is 0 Å². The van der Waals surface area contributed by atoms with Gasteiger partial charge in [0, 0.05) is 26.0 Å². The van der Waals surface area contributed by atoms with E-state index in [-0.39, 0.29) is 2.85 Å². The molecule has 2 aromatic rings. The van der Waals surface area contributed by atoms with Crippen molar-refractivity contribution in [1.82, 2.24) is 10.3 Å². The van der Waals surface area contributed by atoms with E-state index >= 15 is 0 Å². The fraction of sp³-hybridized carbons (Fsp3) is 0.579. The molecule has 0 saturated heterocycles. The number of H-pyrrole nitrogens is 1. The summed E-state index contributed by atoms with van der Waals surface area (Å²) in [6, 6.07) is 7.63. The SMILES string of the molecule is CCCNC1CCC(c2c[nH]c3ccc(CC)cc23)CC1.[HH].[HH]. The lowest BCUT2D eigenvalue weighted by molar-refractivity contribution is 0.344. The summed E-state index contributed by atoms with van der Waals surface area (Å²) in [4.78, 5) is 3.47. The van der Waals surface area contributed by atoms with Gasteiger partial charge in [0.1, 0.15) is 0 Å². The number of benzene rings is 1. The molecule has 0 unspecified atom stereocenters. The first kappa shape index (κ1) is 14.6. The van der Waals surface area contributed by atoms with Crippen LogP contribution in [0.2, 0.25) is 0 Å². The first-order valence-corrected chi connectivity index (χ1v) is 8.65. The molecular formula is C19H32N2. The van der Waals surface area contributed by atoms with E-state index in [0.717, 1.165) is 18.4 Å². The largest absolute Gasteiger partial charge is 0.361 e. The van der Waals surface area contributed by atoms with E-state index < -0.39 is 0 Å². The molecule has 0 spiro atoms. The second-order valence-corrected chi connectivity index (χ2v) is 6.48. The van der Waals surface area contributed by atoms with Crippen LogP contribution < -0.4 is 5.32 Å². The zero-order valence-corrected chi connectivity index (χ0v) is 13.4. The van der Waals surface area contributed by atoms with Gasteiger partial charge in [0.2, 0.25) is 0 Å². The number of fused-ring (bicyclic) bond motifs is 1. The molecule has 1 aromatic carbocycles. The van der Waals surface area contributed by atoms with Gasteiger partial charge in [-0.1, -0.05) is 19.9 Å². The van der Waals surface area contributed by atoms with E-state index in [0.29, 0.717) is 0 Å². The van der Waals surface area contributed by atoms with Crippen molar-refractivity contribution in [2.75, 3.05) is 6.54 Å². The fourth-order valence-electron chi connectivity index (χ4n) is 3.70. The Morgan fingerprint density at radius 3 is 2.71 bits per heavy atom. The molecule has 0 bridgehead atoms. The maximum atomic E-state index is 3.68. The minimum absolute atomic E-state index is 0. The quantitative estimate of drug-likeness (QED) is 0.773. The predicted molar refractivity (Wildman–Crippen MR) is 95.2 cm³/mol. The van der Waals surface area contributed by atoms with Crippen molar-refractivity contribution in [2.45, 2.75) is 64.3 Å². The maximum Gasteiger partial charge on any atom is 0.0457 e. The molecule has 21 heavy (non-hydrogen) atoms. The minimum atomic E-state index is 0. The van der Waals surface area contributed by atoms with Crippen LogP contribution in [0.15, 0.2) is 24.4 Å². The van der Waals surface area contributed by atoms with Gasteiger partial charge in [-0.3, -0.25) is 0 Å². The van der Waals surface area contributed by atoms with Crippen molar-refractivity contribution in [3.63, 3.8) is 0 Å². The van der Waals surface area contributed by atoms with Crippen molar-refractivity contribution in [3.8, 4) is 0 Å². The molecule has 1 saturated carbocycles. The summed E-state index contributed by atoms with van der Waals surface area (Å²) in [5.74, 6) is 0.741. The van der Waals surface area contributed by atoms with E-state index in [1.807, 2.05) is 0 Å². The number of aromatic nitrogens is 1. The third-order valence-corrected chi connectivity index (χ3v) is 5.04. The van der Waals surface area contributed by atoms with Gasteiger partial charge in [0.15, 0.2) is 0 Å². The summed E-state index contributed by atoms with van der Waals surface area (Å²) in [7, 11) is 0. The normalized spacial score (nSPS) is 22.8. The molecule has 1 aromatic heterocycles. The molecule has 2 N–H and O–H groups in total. The Labute approximate surface area is 131 Å². The summed E-state index contributed by atoms with van der Waals surface area (Å²) in [5, 5.41) is 5.14. The Hall–Kier alpha value is -1.28. The highest BCUT2D eigenvalue weighted by Gasteiger charge is 2.23. The van der Waals surface area contributed by atoms with Gasteiger partial charge in [-0.15, -0.1) is 0 Å². The highest BCUT2D eigenvalue weighted by atomic mass is 14.9. The molecule has 1 aliphatic carbocycles. The van der Waals surface area contributed by atoms with Gasteiger partial charge < -0.3 is 10.3 Å². The molecular weight excluding hydrogens is 256 g/mol. The molecule has 0 aliphatic heterocycles. The van der Waals surface area contributed by atoms with Gasteiger partial charge in [-0.05, 0) is 74.2 Å². The lowest BCUT2D eigenvalue weighted by Crippen LogP contribution is -2.33. The van der Waals surface area contributed by atoms with E-state index in [9.17, 15) is 0 Å². The summed E-state index contributed by atoms with van der Waals surface area (Å²) in [6.45, 7) is 5.65. The van der Waals surface area contributed by atoms with E-state index in [1.165, 1.54) is 55.1 Å². The lowest BCUT2D eigenvalue weighted by Gasteiger charge is -2.29. The Morgan fingerprint density at radius 2 is 2.00 bits per heavy atom. The highest BCUT2D eigenvalue weighted by Crippen LogP contribution is 2.36. The number of rotatable bonds is 5. The third-order valence-electron chi connectivity index (χ3n) is 5.04. The average Bonchev–Trinajstić information content (AvgIpc) is 2.96. The molecule has 1 aliphatic rings. The fourth-order valence-corrected chi connectivity index (χ4v) is 3.70. The average molecular weight is 288 g/mol. The topological polar surface area (TPSA) is 27.8 Å². The van der Waals surface area contributed by atoms with E-state index in [1.54, 1.807) is 5.56 Å². The molecule has 2 nitrogen and oxygen atoms in total. The van der Waals surface area contributed by atoms with Crippen LogP contribution in [0, 0.1) is 0 Å². The number of nitrogens with one attached hydrogen (secondary N) is 2. The van der Waals surface area contributed by atoms with E-state index in [2.05, 4.69) is 48.5 Å². The van der Waals surface area contributed by atoms with Crippen LogP contribution in [0.5, 0.6) is 0 Å². The summed E-state index contributed by atoms with van der Waals surface area (Å²) in [6.07, 6.45) is 9.91. The summed E-state index contributed by atoms with van der Waals surface area (Å²) >= 11 is 0. The summed E-state index contributed by atoms with van der Waals surface area (Å²) in [5.41, 5.74) is 4.30. The van der Waals surface area contributed by atoms with Crippen LogP contribution in [0.25, 0.3) is 10.9 Å². The van der Waals surface area contributed by atoms with Crippen molar-refractivity contribution >= 4 is 10.9 Å². The molecule has 0 amide bonds. The Balaban J connectivity index is 0.00000132. The van der Waals surface area contributed by atoms with Gasteiger partial charge >= 0.3 is 0 Å². The summed E-state index contributed by atoms with van der Waals surface area (Å²) < 4.78 is 0. The van der Waals surface area contributed by atoms with Gasteiger partial charge in [0.05, 0.1) is 0 Å². The number of hydrogen-bond acceptors (Lipinski definition) is 1. The molecule has 1 heterocycles. The van der Waals surface area contributed by atoms with Crippen LogP contribution in [-0.4, -0.2) is 17.6 Å². The molecule has 1 fully saturated rings. The number of hydrogen-bond donors (Lipinski definition) is 2.